The van der Waals surface area contributed by atoms with Gasteiger partial charge in [-0.3, -0.25) is 4.79 Å². The minimum Gasteiger partial charge on any atom is -0.465 e. The maximum atomic E-state index is 12.5. The largest absolute Gasteiger partial charge is 0.465 e. The molecule has 3 atom stereocenters. The molecule has 0 amide bonds. The SMILES string of the molecule is CCCCOC(=O)C1CC(C(C)(C)CC)CC1CCC(C)C. The first-order chi connectivity index (χ1) is 10.3. The zero-order valence-electron chi connectivity index (χ0n) is 15.8. The summed E-state index contributed by atoms with van der Waals surface area (Å²) in [6, 6.07) is 0. The molecule has 0 bridgehead atoms. The van der Waals surface area contributed by atoms with E-state index in [0.717, 1.165) is 25.2 Å². The van der Waals surface area contributed by atoms with Crippen LogP contribution in [0.1, 0.15) is 86.5 Å². The standard InChI is InChI=1S/C20H38O2/c1-7-9-12-22-19(21)18-14-17(20(5,6)8-2)13-16(18)11-10-15(3)4/h15-18H,7-14H2,1-6H3. The molecule has 1 saturated carbocycles. The lowest BCUT2D eigenvalue weighted by molar-refractivity contribution is -0.150. The van der Waals surface area contributed by atoms with Crippen molar-refractivity contribution < 1.29 is 9.53 Å². The summed E-state index contributed by atoms with van der Waals surface area (Å²) in [4.78, 5) is 12.5. The molecule has 3 unspecified atom stereocenters. The number of rotatable bonds is 9. The van der Waals surface area contributed by atoms with Gasteiger partial charge in [0.15, 0.2) is 0 Å². The average Bonchev–Trinajstić information content (AvgIpc) is 2.90. The van der Waals surface area contributed by atoms with Gasteiger partial charge in [0.05, 0.1) is 12.5 Å². The number of hydrogen-bond donors (Lipinski definition) is 0. The number of ether oxygens (including phenoxy) is 1. The molecular formula is C20H38O2. The second kappa shape index (κ2) is 8.93. The first kappa shape index (κ1) is 19.5. The maximum Gasteiger partial charge on any atom is 0.309 e. The highest BCUT2D eigenvalue weighted by Gasteiger charge is 2.44. The van der Waals surface area contributed by atoms with Crippen LogP contribution in [0.25, 0.3) is 0 Å². The summed E-state index contributed by atoms with van der Waals surface area (Å²) in [5.74, 6) is 2.14. The van der Waals surface area contributed by atoms with Gasteiger partial charge >= 0.3 is 5.97 Å². The fourth-order valence-electron chi connectivity index (χ4n) is 3.63. The zero-order chi connectivity index (χ0) is 16.8. The van der Waals surface area contributed by atoms with E-state index in [1.165, 1.54) is 25.7 Å². The molecule has 2 heteroatoms. The van der Waals surface area contributed by atoms with Gasteiger partial charge in [-0.1, -0.05) is 60.8 Å². The molecule has 0 saturated heterocycles. The lowest BCUT2D eigenvalue weighted by atomic mass is 9.75. The van der Waals surface area contributed by atoms with Gasteiger partial charge in [0.2, 0.25) is 0 Å². The molecule has 0 heterocycles. The summed E-state index contributed by atoms with van der Waals surface area (Å²) in [7, 11) is 0. The molecule has 0 aromatic heterocycles. The van der Waals surface area contributed by atoms with E-state index in [1.807, 2.05) is 0 Å². The van der Waals surface area contributed by atoms with E-state index in [-0.39, 0.29) is 11.9 Å². The van der Waals surface area contributed by atoms with E-state index in [1.54, 1.807) is 0 Å². The summed E-state index contributed by atoms with van der Waals surface area (Å²) in [6.45, 7) is 14.3. The van der Waals surface area contributed by atoms with Crippen molar-refractivity contribution in [2.75, 3.05) is 6.61 Å². The summed E-state index contributed by atoms with van der Waals surface area (Å²) < 4.78 is 5.56. The van der Waals surface area contributed by atoms with Crippen molar-refractivity contribution in [2.24, 2.45) is 29.1 Å². The summed E-state index contributed by atoms with van der Waals surface area (Å²) in [5.41, 5.74) is 0.342. The number of unbranched alkanes of at least 4 members (excludes halogenated alkanes) is 1. The summed E-state index contributed by atoms with van der Waals surface area (Å²) in [5, 5.41) is 0. The Bertz CT molecular complexity index is 333. The molecule has 0 spiro atoms. The molecule has 1 aliphatic carbocycles. The summed E-state index contributed by atoms with van der Waals surface area (Å²) in [6.07, 6.45) is 7.91. The van der Waals surface area contributed by atoms with Gasteiger partial charge < -0.3 is 4.74 Å². The van der Waals surface area contributed by atoms with Crippen molar-refractivity contribution in [1.29, 1.82) is 0 Å². The maximum absolute atomic E-state index is 12.5. The van der Waals surface area contributed by atoms with Crippen molar-refractivity contribution >= 4 is 5.97 Å². The van der Waals surface area contributed by atoms with Gasteiger partial charge in [-0.25, -0.2) is 0 Å². The Balaban J connectivity index is 2.69. The van der Waals surface area contributed by atoms with Crippen molar-refractivity contribution in [3.63, 3.8) is 0 Å². The van der Waals surface area contributed by atoms with Crippen molar-refractivity contribution in [1.82, 2.24) is 0 Å². The van der Waals surface area contributed by atoms with Crippen LogP contribution in [-0.2, 0) is 9.53 Å². The third kappa shape index (κ3) is 5.59. The van der Waals surface area contributed by atoms with Crippen LogP contribution in [0.3, 0.4) is 0 Å². The quantitative estimate of drug-likeness (QED) is 0.395. The van der Waals surface area contributed by atoms with Gasteiger partial charge in [-0.15, -0.1) is 0 Å². The van der Waals surface area contributed by atoms with E-state index in [0.29, 0.717) is 23.9 Å². The third-order valence-electron chi connectivity index (χ3n) is 5.87. The normalized spacial score (nSPS) is 25.7. The van der Waals surface area contributed by atoms with E-state index in [4.69, 9.17) is 4.74 Å². The molecule has 1 rings (SSSR count). The van der Waals surface area contributed by atoms with E-state index >= 15 is 0 Å². The molecule has 2 nitrogen and oxygen atoms in total. The number of carbonyl (C=O) groups is 1. The minimum absolute atomic E-state index is 0.0802. The first-order valence-corrected chi connectivity index (χ1v) is 9.48. The minimum atomic E-state index is 0.0802. The van der Waals surface area contributed by atoms with Gasteiger partial charge in [-0.05, 0) is 48.9 Å². The highest BCUT2D eigenvalue weighted by atomic mass is 16.5. The zero-order valence-corrected chi connectivity index (χ0v) is 15.8. The van der Waals surface area contributed by atoms with Crippen LogP contribution in [0.5, 0.6) is 0 Å². The van der Waals surface area contributed by atoms with Gasteiger partial charge in [-0.2, -0.15) is 0 Å². The van der Waals surface area contributed by atoms with Gasteiger partial charge in [0, 0.05) is 0 Å². The van der Waals surface area contributed by atoms with Crippen LogP contribution in [0.2, 0.25) is 0 Å². The predicted molar refractivity (Wildman–Crippen MR) is 93.7 cm³/mol. The monoisotopic (exact) mass is 310 g/mol. The van der Waals surface area contributed by atoms with Crippen LogP contribution in [-0.4, -0.2) is 12.6 Å². The van der Waals surface area contributed by atoms with Crippen molar-refractivity contribution in [3.8, 4) is 0 Å². The van der Waals surface area contributed by atoms with E-state index in [2.05, 4.69) is 41.5 Å². The number of carbonyl (C=O) groups excluding carboxylic acids is 1. The lowest BCUT2D eigenvalue weighted by Gasteiger charge is -2.30. The number of hydrogen-bond acceptors (Lipinski definition) is 2. The Kier molecular flexibility index (Phi) is 7.93. The second-order valence-electron chi connectivity index (χ2n) is 8.37. The predicted octanol–water partition coefficient (Wildman–Crippen LogP) is 5.84. The lowest BCUT2D eigenvalue weighted by Crippen LogP contribution is -2.23. The van der Waals surface area contributed by atoms with Crippen LogP contribution < -0.4 is 0 Å². The Morgan fingerprint density at radius 3 is 2.45 bits per heavy atom. The Hall–Kier alpha value is -0.530. The van der Waals surface area contributed by atoms with Crippen LogP contribution >= 0.6 is 0 Å². The molecule has 0 N–H and O–H groups in total. The van der Waals surface area contributed by atoms with Crippen LogP contribution in [0.4, 0.5) is 0 Å². The van der Waals surface area contributed by atoms with Crippen molar-refractivity contribution in [3.05, 3.63) is 0 Å². The molecular weight excluding hydrogens is 272 g/mol. The third-order valence-corrected chi connectivity index (χ3v) is 5.87. The summed E-state index contributed by atoms with van der Waals surface area (Å²) >= 11 is 0. The fraction of sp³-hybridized carbons (Fsp3) is 0.950. The smallest absolute Gasteiger partial charge is 0.309 e. The Morgan fingerprint density at radius 1 is 1.23 bits per heavy atom. The highest BCUT2D eigenvalue weighted by Crippen LogP contribution is 2.49. The molecule has 0 radical (unpaired) electrons. The highest BCUT2D eigenvalue weighted by molar-refractivity contribution is 5.73. The molecule has 0 aromatic carbocycles. The van der Waals surface area contributed by atoms with Crippen LogP contribution in [0, 0.1) is 29.1 Å². The first-order valence-electron chi connectivity index (χ1n) is 9.48. The van der Waals surface area contributed by atoms with E-state index < -0.39 is 0 Å². The average molecular weight is 311 g/mol. The molecule has 1 fully saturated rings. The molecule has 130 valence electrons. The molecule has 0 aliphatic heterocycles. The molecule has 1 aliphatic rings. The van der Waals surface area contributed by atoms with Crippen LogP contribution in [0.15, 0.2) is 0 Å². The van der Waals surface area contributed by atoms with E-state index in [9.17, 15) is 4.79 Å². The topological polar surface area (TPSA) is 26.3 Å². The Labute approximate surface area is 138 Å². The molecule has 22 heavy (non-hydrogen) atoms. The van der Waals surface area contributed by atoms with Gasteiger partial charge in [0.1, 0.15) is 0 Å². The second-order valence-corrected chi connectivity index (χ2v) is 8.37. The Morgan fingerprint density at radius 2 is 1.91 bits per heavy atom. The number of esters is 1. The molecule has 0 aromatic rings. The van der Waals surface area contributed by atoms with Gasteiger partial charge in [0.25, 0.3) is 0 Å². The fourth-order valence-corrected chi connectivity index (χ4v) is 3.63. The van der Waals surface area contributed by atoms with Crippen molar-refractivity contribution in [2.45, 2.75) is 86.5 Å².